The number of nitrogens with zero attached hydrogens (tertiary/aromatic N) is 1. The number of benzene rings is 1. The van der Waals surface area contributed by atoms with Crippen LogP contribution in [0.5, 0.6) is 5.75 Å². The highest BCUT2D eigenvalue weighted by atomic mass is 35.5. The molecular formula is C13H16Cl2N2O3. The van der Waals surface area contributed by atoms with Gasteiger partial charge in [-0.1, -0.05) is 29.3 Å². The van der Waals surface area contributed by atoms with Gasteiger partial charge in [0.25, 0.3) is 0 Å². The number of rotatable bonds is 5. The molecule has 1 aromatic rings. The van der Waals surface area contributed by atoms with Gasteiger partial charge < -0.3 is 15.2 Å². The lowest BCUT2D eigenvalue weighted by molar-refractivity contribution is -0.124. The largest absolute Gasteiger partial charge is 0.488 e. The molecule has 0 bridgehead atoms. The molecule has 0 spiro atoms. The Hall–Kier alpha value is -1.01. The topological polar surface area (TPSA) is 61.8 Å². The van der Waals surface area contributed by atoms with Crippen LogP contribution in [0.4, 0.5) is 0 Å². The zero-order chi connectivity index (χ0) is 14.5. The number of aliphatic hydroxyl groups excluding tert-OH is 1. The highest BCUT2D eigenvalue weighted by Crippen LogP contribution is 2.32. The van der Waals surface area contributed by atoms with Gasteiger partial charge in [0, 0.05) is 19.6 Å². The van der Waals surface area contributed by atoms with Crippen LogP contribution in [0.1, 0.15) is 0 Å². The van der Waals surface area contributed by atoms with Crippen molar-refractivity contribution in [3.05, 3.63) is 28.2 Å². The third kappa shape index (κ3) is 4.24. The molecule has 5 nitrogen and oxygen atoms in total. The van der Waals surface area contributed by atoms with Crippen molar-refractivity contribution in [1.29, 1.82) is 0 Å². The summed E-state index contributed by atoms with van der Waals surface area (Å²) in [7, 11) is 0. The minimum Gasteiger partial charge on any atom is -0.488 e. The van der Waals surface area contributed by atoms with Gasteiger partial charge in [0.05, 0.1) is 16.6 Å². The molecule has 2 N–H and O–H groups in total. The maximum absolute atomic E-state index is 11.2. The van der Waals surface area contributed by atoms with Gasteiger partial charge in [-0.05, 0) is 12.1 Å². The smallest absolute Gasteiger partial charge is 0.234 e. The molecule has 0 aromatic heterocycles. The van der Waals surface area contributed by atoms with Crippen molar-refractivity contribution < 1.29 is 14.6 Å². The van der Waals surface area contributed by atoms with Gasteiger partial charge in [0.1, 0.15) is 12.7 Å². The third-order valence-corrected chi connectivity index (χ3v) is 3.52. The summed E-state index contributed by atoms with van der Waals surface area (Å²) in [6, 6.07) is 5.06. The first-order chi connectivity index (χ1) is 9.56. The first kappa shape index (κ1) is 15.4. The number of ether oxygens (including phenoxy) is 1. The van der Waals surface area contributed by atoms with Crippen LogP contribution in [0, 0.1) is 0 Å². The summed E-state index contributed by atoms with van der Waals surface area (Å²) in [6.07, 6.45) is -0.715. The minimum atomic E-state index is -0.715. The Bertz CT molecular complexity index is 464. The molecule has 0 radical (unpaired) electrons. The lowest BCUT2D eigenvalue weighted by Gasteiger charge is -2.28. The maximum Gasteiger partial charge on any atom is 0.234 e. The molecule has 0 saturated carbocycles. The fourth-order valence-corrected chi connectivity index (χ4v) is 2.50. The normalized spacial score (nSPS) is 17.6. The van der Waals surface area contributed by atoms with Crippen LogP contribution in [0.3, 0.4) is 0 Å². The fraction of sp³-hybridized carbons (Fsp3) is 0.462. The summed E-state index contributed by atoms with van der Waals surface area (Å²) >= 11 is 11.9. The van der Waals surface area contributed by atoms with Crippen molar-refractivity contribution in [3.63, 3.8) is 0 Å². The lowest BCUT2D eigenvalue weighted by Crippen LogP contribution is -2.50. The van der Waals surface area contributed by atoms with Gasteiger partial charge >= 0.3 is 0 Å². The molecule has 1 heterocycles. The Morgan fingerprint density at radius 2 is 2.10 bits per heavy atom. The fourth-order valence-electron chi connectivity index (χ4n) is 2.00. The molecule has 0 aliphatic carbocycles. The van der Waals surface area contributed by atoms with Crippen LogP contribution < -0.4 is 10.1 Å². The lowest BCUT2D eigenvalue weighted by atomic mass is 10.3. The minimum absolute atomic E-state index is 0.0292. The molecule has 1 saturated heterocycles. The molecule has 1 aliphatic rings. The van der Waals surface area contributed by atoms with E-state index in [0.717, 1.165) is 6.54 Å². The molecule has 1 atom stereocenters. The zero-order valence-corrected chi connectivity index (χ0v) is 12.3. The predicted molar refractivity (Wildman–Crippen MR) is 77.4 cm³/mol. The maximum atomic E-state index is 11.2. The summed E-state index contributed by atoms with van der Waals surface area (Å²) in [5, 5.41) is 13.5. The number of aliphatic hydroxyl groups is 1. The Morgan fingerprint density at radius 1 is 1.40 bits per heavy atom. The molecule has 110 valence electrons. The number of para-hydroxylation sites is 1. The first-order valence-corrected chi connectivity index (χ1v) is 7.06. The van der Waals surface area contributed by atoms with Crippen LogP contribution >= 0.6 is 23.2 Å². The summed E-state index contributed by atoms with van der Waals surface area (Å²) < 4.78 is 5.46. The molecule has 7 heteroatoms. The van der Waals surface area contributed by atoms with Gasteiger partial charge in [0.2, 0.25) is 5.91 Å². The number of hydrogen-bond acceptors (Lipinski definition) is 4. The van der Waals surface area contributed by atoms with Gasteiger partial charge in [-0.3, -0.25) is 9.69 Å². The van der Waals surface area contributed by atoms with Crippen molar-refractivity contribution in [3.8, 4) is 5.75 Å². The standard InChI is InChI=1S/C13H16Cl2N2O3/c14-10-2-1-3-11(15)13(10)20-8-9(18)6-17-5-4-16-12(19)7-17/h1-3,9,18H,4-8H2,(H,16,19)/t9-/m1/s1. The van der Waals surface area contributed by atoms with E-state index in [0.29, 0.717) is 35.4 Å². The summed E-state index contributed by atoms with van der Waals surface area (Å²) in [5.41, 5.74) is 0. The van der Waals surface area contributed by atoms with Gasteiger partial charge in [0.15, 0.2) is 5.75 Å². The Balaban J connectivity index is 1.83. The number of β-amino-alcohol motifs (C(OH)–C–C–N with tert-alkyl or cyclic N) is 1. The molecule has 1 aliphatic heterocycles. The Morgan fingerprint density at radius 3 is 2.75 bits per heavy atom. The van der Waals surface area contributed by atoms with E-state index in [1.54, 1.807) is 18.2 Å². The average Bonchev–Trinajstić information content (AvgIpc) is 2.38. The summed E-state index contributed by atoms with van der Waals surface area (Å²) in [4.78, 5) is 13.1. The Labute approximate surface area is 127 Å². The van der Waals surface area contributed by atoms with Crippen LogP contribution in [0.2, 0.25) is 10.0 Å². The van der Waals surface area contributed by atoms with Gasteiger partial charge in [-0.2, -0.15) is 0 Å². The summed E-state index contributed by atoms with van der Waals surface area (Å²) in [6.45, 7) is 2.05. The SMILES string of the molecule is O=C1CN(C[C@@H](O)COc2c(Cl)cccc2Cl)CCN1. The second kappa shape index (κ2) is 7.13. The molecular weight excluding hydrogens is 303 g/mol. The van der Waals surface area contributed by atoms with Crippen molar-refractivity contribution in [1.82, 2.24) is 10.2 Å². The summed E-state index contributed by atoms with van der Waals surface area (Å²) in [5.74, 6) is 0.338. The van der Waals surface area contributed by atoms with E-state index >= 15 is 0 Å². The molecule has 0 unspecified atom stereocenters. The van der Waals surface area contributed by atoms with E-state index in [-0.39, 0.29) is 12.5 Å². The highest BCUT2D eigenvalue weighted by Gasteiger charge is 2.19. The number of carbonyl (C=O) groups excluding carboxylic acids is 1. The molecule has 2 rings (SSSR count). The number of piperazine rings is 1. The van der Waals surface area contributed by atoms with E-state index in [1.165, 1.54) is 0 Å². The molecule has 20 heavy (non-hydrogen) atoms. The molecule has 1 fully saturated rings. The van der Waals surface area contributed by atoms with Crippen LogP contribution in [0.25, 0.3) is 0 Å². The second-order valence-electron chi connectivity index (χ2n) is 4.60. The number of amides is 1. The van der Waals surface area contributed by atoms with E-state index in [4.69, 9.17) is 27.9 Å². The Kier molecular flexibility index (Phi) is 5.48. The van der Waals surface area contributed by atoms with Crippen LogP contribution in [0.15, 0.2) is 18.2 Å². The molecule has 1 aromatic carbocycles. The first-order valence-electron chi connectivity index (χ1n) is 6.30. The van der Waals surface area contributed by atoms with Crippen molar-refractivity contribution in [2.75, 3.05) is 32.8 Å². The molecule has 1 amide bonds. The predicted octanol–water partition coefficient (Wildman–Crippen LogP) is 1.16. The monoisotopic (exact) mass is 318 g/mol. The number of nitrogens with one attached hydrogen (secondary N) is 1. The average molecular weight is 319 g/mol. The van der Waals surface area contributed by atoms with Crippen LogP contribution in [-0.4, -0.2) is 54.8 Å². The highest BCUT2D eigenvalue weighted by molar-refractivity contribution is 6.37. The zero-order valence-electron chi connectivity index (χ0n) is 10.8. The van der Waals surface area contributed by atoms with Crippen LogP contribution in [-0.2, 0) is 4.79 Å². The number of carbonyl (C=O) groups is 1. The van der Waals surface area contributed by atoms with E-state index in [9.17, 15) is 9.90 Å². The van der Waals surface area contributed by atoms with Gasteiger partial charge in [-0.15, -0.1) is 0 Å². The number of halogens is 2. The van der Waals surface area contributed by atoms with Gasteiger partial charge in [-0.25, -0.2) is 0 Å². The number of hydrogen-bond donors (Lipinski definition) is 2. The van der Waals surface area contributed by atoms with Crippen molar-refractivity contribution in [2.45, 2.75) is 6.10 Å². The van der Waals surface area contributed by atoms with E-state index in [1.807, 2.05) is 4.90 Å². The second-order valence-corrected chi connectivity index (χ2v) is 5.42. The third-order valence-electron chi connectivity index (χ3n) is 2.93. The van der Waals surface area contributed by atoms with Crippen molar-refractivity contribution in [2.24, 2.45) is 0 Å². The quantitative estimate of drug-likeness (QED) is 0.855. The van der Waals surface area contributed by atoms with E-state index < -0.39 is 6.10 Å². The van der Waals surface area contributed by atoms with Crippen molar-refractivity contribution >= 4 is 29.1 Å². The van der Waals surface area contributed by atoms with E-state index in [2.05, 4.69) is 5.32 Å².